The topological polar surface area (TPSA) is 44.5 Å². The number of nitrogens with two attached hydrogens (primary N) is 1. The summed E-state index contributed by atoms with van der Waals surface area (Å²) in [6.07, 6.45) is 0. The number of methoxy groups -OCH3 is 1. The molecule has 0 aliphatic carbocycles. The van der Waals surface area contributed by atoms with Crippen molar-refractivity contribution in [2.75, 3.05) is 7.11 Å². The van der Waals surface area contributed by atoms with Crippen LogP contribution in [0.4, 0.5) is 4.39 Å². The highest BCUT2D eigenvalue weighted by Crippen LogP contribution is 2.28. The van der Waals surface area contributed by atoms with Gasteiger partial charge in [-0.1, -0.05) is 22.0 Å². The molecule has 0 spiro atoms. The Labute approximate surface area is 132 Å². The highest BCUT2D eigenvalue weighted by molar-refractivity contribution is 9.10. The van der Waals surface area contributed by atoms with Gasteiger partial charge in [0.05, 0.1) is 7.11 Å². The molecule has 21 heavy (non-hydrogen) atoms. The molecule has 2 N–H and O–H groups in total. The largest absolute Gasteiger partial charge is 0.494 e. The molecule has 0 aliphatic rings. The van der Waals surface area contributed by atoms with Crippen LogP contribution in [0.2, 0.25) is 0 Å². The maximum atomic E-state index is 13.6. The van der Waals surface area contributed by atoms with E-state index in [1.165, 1.54) is 13.2 Å². The lowest BCUT2D eigenvalue weighted by molar-refractivity contribution is 0.300. The van der Waals surface area contributed by atoms with Crippen molar-refractivity contribution in [3.05, 3.63) is 57.8 Å². The summed E-state index contributed by atoms with van der Waals surface area (Å²) in [5, 5.41) is 0. The zero-order valence-corrected chi connectivity index (χ0v) is 13.5. The Morgan fingerprint density at radius 2 is 1.90 bits per heavy atom. The molecule has 0 aromatic heterocycles. The van der Waals surface area contributed by atoms with Crippen LogP contribution in [-0.4, -0.2) is 7.11 Å². The van der Waals surface area contributed by atoms with Crippen LogP contribution in [0, 0.1) is 5.82 Å². The fourth-order valence-electron chi connectivity index (χ4n) is 1.97. The first-order valence-electron chi connectivity index (χ1n) is 6.51. The van der Waals surface area contributed by atoms with Crippen LogP contribution in [-0.2, 0) is 6.61 Å². The molecule has 0 bridgehead atoms. The summed E-state index contributed by atoms with van der Waals surface area (Å²) in [6, 6.07) is 10.3. The molecule has 1 atom stereocenters. The molecule has 0 amide bonds. The molecule has 0 heterocycles. The quantitative estimate of drug-likeness (QED) is 0.876. The lowest BCUT2D eigenvalue weighted by Gasteiger charge is -2.15. The van der Waals surface area contributed by atoms with Gasteiger partial charge in [-0.15, -0.1) is 0 Å². The van der Waals surface area contributed by atoms with E-state index in [0.717, 1.165) is 15.6 Å². The van der Waals surface area contributed by atoms with E-state index in [9.17, 15) is 4.39 Å². The first-order valence-corrected chi connectivity index (χ1v) is 7.31. The number of ether oxygens (including phenoxy) is 2. The van der Waals surface area contributed by atoms with Gasteiger partial charge in [-0.05, 0) is 42.8 Å². The Hall–Kier alpha value is -1.59. The van der Waals surface area contributed by atoms with E-state index in [-0.39, 0.29) is 18.4 Å². The van der Waals surface area contributed by atoms with Gasteiger partial charge in [0, 0.05) is 16.1 Å². The van der Waals surface area contributed by atoms with Crippen molar-refractivity contribution in [1.29, 1.82) is 0 Å². The molecule has 0 saturated heterocycles. The average Bonchev–Trinajstić information content (AvgIpc) is 2.46. The normalized spacial score (nSPS) is 12.0. The van der Waals surface area contributed by atoms with E-state index in [2.05, 4.69) is 15.9 Å². The molecule has 0 unspecified atom stereocenters. The Balaban J connectivity index is 2.15. The zero-order chi connectivity index (χ0) is 15.4. The number of hydrogen-bond donors (Lipinski definition) is 1. The predicted octanol–water partition coefficient (Wildman–Crippen LogP) is 4.20. The molecular formula is C16H17BrFNO2. The maximum absolute atomic E-state index is 13.6. The van der Waals surface area contributed by atoms with Crippen LogP contribution >= 0.6 is 15.9 Å². The fourth-order valence-corrected chi connectivity index (χ4v) is 2.35. The predicted molar refractivity (Wildman–Crippen MR) is 84.0 cm³/mol. The van der Waals surface area contributed by atoms with Crippen molar-refractivity contribution >= 4 is 15.9 Å². The van der Waals surface area contributed by atoms with Crippen molar-refractivity contribution in [2.24, 2.45) is 5.73 Å². The first kappa shape index (κ1) is 15.8. The molecule has 112 valence electrons. The van der Waals surface area contributed by atoms with Gasteiger partial charge in [-0.3, -0.25) is 0 Å². The summed E-state index contributed by atoms with van der Waals surface area (Å²) >= 11 is 3.41. The van der Waals surface area contributed by atoms with Gasteiger partial charge in [0.15, 0.2) is 11.6 Å². The molecule has 0 fully saturated rings. The Kier molecular flexibility index (Phi) is 5.20. The first-order chi connectivity index (χ1) is 10.0. The zero-order valence-electron chi connectivity index (χ0n) is 11.9. The third-order valence-electron chi connectivity index (χ3n) is 3.07. The van der Waals surface area contributed by atoms with Gasteiger partial charge in [-0.25, -0.2) is 4.39 Å². The molecule has 2 aromatic carbocycles. The van der Waals surface area contributed by atoms with E-state index < -0.39 is 5.82 Å². The van der Waals surface area contributed by atoms with Gasteiger partial charge < -0.3 is 15.2 Å². The third-order valence-corrected chi connectivity index (χ3v) is 3.57. The summed E-state index contributed by atoms with van der Waals surface area (Å²) < 4.78 is 25.2. The molecule has 2 rings (SSSR count). The van der Waals surface area contributed by atoms with Gasteiger partial charge in [0.2, 0.25) is 0 Å². The molecule has 2 aromatic rings. The molecule has 5 heteroatoms. The second kappa shape index (κ2) is 6.91. The number of halogens is 2. The Bertz CT molecular complexity index is 632. The maximum Gasteiger partial charge on any atom is 0.165 e. The Morgan fingerprint density at radius 3 is 2.52 bits per heavy atom. The molecule has 0 radical (unpaired) electrons. The molecular weight excluding hydrogens is 337 g/mol. The van der Waals surface area contributed by atoms with Crippen LogP contribution in [0.5, 0.6) is 11.5 Å². The van der Waals surface area contributed by atoms with Gasteiger partial charge >= 0.3 is 0 Å². The minimum atomic E-state index is -0.401. The van der Waals surface area contributed by atoms with E-state index in [1.54, 1.807) is 12.1 Å². The monoisotopic (exact) mass is 353 g/mol. The van der Waals surface area contributed by atoms with Crippen molar-refractivity contribution < 1.29 is 13.9 Å². The third kappa shape index (κ3) is 3.95. The second-order valence-corrected chi connectivity index (χ2v) is 5.64. The van der Waals surface area contributed by atoms with E-state index in [1.807, 2.05) is 25.1 Å². The second-order valence-electron chi connectivity index (χ2n) is 4.73. The van der Waals surface area contributed by atoms with Crippen molar-refractivity contribution in [3.63, 3.8) is 0 Å². The van der Waals surface area contributed by atoms with Crippen molar-refractivity contribution in [2.45, 2.75) is 19.6 Å². The summed E-state index contributed by atoms with van der Waals surface area (Å²) in [6.45, 7) is 2.16. The van der Waals surface area contributed by atoms with Crippen LogP contribution < -0.4 is 15.2 Å². The van der Waals surface area contributed by atoms with E-state index in [0.29, 0.717) is 5.75 Å². The summed E-state index contributed by atoms with van der Waals surface area (Å²) in [5.41, 5.74) is 7.57. The summed E-state index contributed by atoms with van der Waals surface area (Å²) in [7, 11) is 1.44. The van der Waals surface area contributed by atoms with Gasteiger partial charge in [0.1, 0.15) is 12.4 Å². The molecule has 0 saturated carbocycles. The smallest absolute Gasteiger partial charge is 0.165 e. The average molecular weight is 354 g/mol. The van der Waals surface area contributed by atoms with Gasteiger partial charge in [-0.2, -0.15) is 0 Å². The van der Waals surface area contributed by atoms with Gasteiger partial charge in [0.25, 0.3) is 0 Å². The minimum absolute atomic E-state index is 0.148. The van der Waals surface area contributed by atoms with Crippen LogP contribution in [0.1, 0.15) is 24.1 Å². The summed E-state index contributed by atoms with van der Waals surface area (Å²) in [5.74, 6) is 0.518. The van der Waals surface area contributed by atoms with Crippen molar-refractivity contribution in [1.82, 2.24) is 0 Å². The number of hydrogen-bond acceptors (Lipinski definition) is 3. The standard InChI is InChI=1S/C16H17BrFNO2/c1-10(19)13-8-12(17)4-6-15(13)21-9-11-3-5-16(20-2)14(18)7-11/h3-8,10H,9,19H2,1-2H3/t10-/m1/s1. The molecule has 0 aliphatic heterocycles. The van der Waals surface area contributed by atoms with Crippen LogP contribution in [0.3, 0.4) is 0 Å². The lowest BCUT2D eigenvalue weighted by atomic mass is 10.1. The minimum Gasteiger partial charge on any atom is -0.494 e. The number of rotatable bonds is 5. The van der Waals surface area contributed by atoms with Crippen LogP contribution in [0.25, 0.3) is 0 Å². The number of benzene rings is 2. The Morgan fingerprint density at radius 1 is 1.19 bits per heavy atom. The SMILES string of the molecule is COc1ccc(COc2ccc(Br)cc2[C@@H](C)N)cc1F. The molecule has 3 nitrogen and oxygen atoms in total. The highest BCUT2D eigenvalue weighted by Gasteiger charge is 2.10. The highest BCUT2D eigenvalue weighted by atomic mass is 79.9. The lowest BCUT2D eigenvalue weighted by Crippen LogP contribution is -2.08. The van der Waals surface area contributed by atoms with Crippen molar-refractivity contribution in [3.8, 4) is 11.5 Å². The van der Waals surface area contributed by atoms with E-state index in [4.69, 9.17) is 15.2 Å². The van der Waals surface area contributed by atoms with E-state index >= 15 is 0 Å². The fraction of sp³-hybridized carbons (Fsp3) is 0.250. The summed E-state index contributed by atoms with van der Waals surface area (Å²) in [4.78, 5) is 0. The van der Waals surface area contributed by atoms with Crippen LogP contribution in [0.15, 0.2) is 40.9 Å².